The van der Waals surface area contributed by atoms with Crippen LogP contribution in [-0.4, -0.2) is 44.8 Å². The minimum absolute atomic E-state index is 0.0177. The number of alkyl halides is 3. The van der Waals surface area contributed by atoms with Gasteiger partial charge in [0, 0.05) is 31.6 Å². The van der Waals surface area contributed by atoms with Crippen LogP contribution in [0.15, 0.2) is 66.1 Å². The van der Waals surface area contributed by atoms with Crippen LogP contribution in [0.2, 0.25) is 0 Å². The minimum Gasteiger partial charge on any atom is -0.343 e. The van der Waals surface area contributed by atoms with E-state index in [0.717, 1.165) is 12.1 Å². The van der Waals surface area contributed by atoms with Gasteiger partial charge in [-0.3, -0.25) is 9.59 Å². The van der Waals surface area contributed by atoms with Gasteiger partial charge in [0.25, 0.3) is 5.91 Å². The van der Waals surface area contributed by atoms with Gasteiger partial charge in [-0.1, -0.05) is 18.2 Å². The Morgan fingerprint density at radius 1 is 1.18 bits per heavy atom. The van der Waals surface area contributed by atoms with E-state index in [-0.39, 0.29) is 35.0 Å². The van der Waals surface area contributed by atoms with Crippen LogP contribution >= 0.6 is 0 Å². The van der Waals surface area contributed by atoms with E-state index in [1.54, 1.807) is 0 Å². The predicted molar refractivity (Wildman–Crippen MR) is 119 cm³/mol. The maximum Gasteiger partial charge on any atom is 0.416 e. The van der Waals surface area contributed by atoms with Crippen molar-refractivity contribution in [1.29, 1.82) is 0 Å². The van der Waals surface area contributed by atoms with Crippen molar-refractivity contribution in [1.82, 2.24) is 14.9 Å². The number of sulfonamides is 1. The van der Waals surface area contributed by atoms with Crippen LogP contribution in [0.25, 0.3) is 0 Å². The molecule has 7 nitrogen and oxygen atoms in total. The number of rotatable bonds is 9. The number of nitrogens with zero attached hydrogens (tertiary/aromatic N) is 1. The number of amides is 2. The van der Waals surface area contributed by atoms with Crippen LogP contribution in [-0.2, 0) is 21.0 Å². The van der Waals surface area contributed by atoms with Crippen LogP contribution in [0.5, 0.6) is 0 Å². The molecule has 2 amide bonds. The van der Waals surface area contributed by atoms with Gasteiger partial charge in [0.05, 0.1) is 16.5 Å². The highest BCUT2D eigenvalue weighted by Gasteiger charge is 2.32. The van der Waals surface area contributed by atoms with E-state index in [4.69, 9.17) is 0 Å². The van der Waals surface area contributed by atoms with E-state index >= 15 is 0 Å². The molecular weight excluding hydrogens is 471 g/mol. The highest BCUT2D eigenvalue weighted by atomic mass is 32.2. The molecular formula is C23H24F3N3O4S. The summed E-state index contributed by atoms with van der Waals surface area (Å²) in [6.45, 7) is 3.95. The Kier molecular flexibility index (Phi) is 7.78. The summed E-state index contributed by atoms with van der Waals surface area (Å²) in [7, 11) is -3.78. The van der Waals surface area contributed by atoms with Crippen molar-refractivity contribution in [3.05, 3.63) is 77.9 Å². The van der Waals surface area contributed by atoms with Gasteiger partial charge in [-0.25, -0.2) is 13.1 Å². The molecule has 2 aromatic carbocycles. The number of nitrogens with one attached hydrogen (secondary N) is 2. The first-order chi connectivity index (χ1) is 16.0. The second-order valence-electron chi connectivity index (χ2n) is 7.76. The largest absolute Gasteiger partial charge is 0.416 e. The molecule has 3 rings (SSSR count). The fourth-order valence-corrected chi connectivity index (χ4v) is 4.56. The summed E-state index contributed by atoms with van der Waals surface area (Å²) in [6, 6.07) is 8.82. The molecule has 1 fully saturated rings. The van der Waals surface area contributed by atoms with E-state index in [1.165, 1.54) is 47.4 Å². The summed E-state index contributed by atoms with van der Waals surface area (Å²) < 4.78 is 66.4. The third-order valence-electron chi connectivity index (χ3n) is 5.34. The van der Waals surface area contributed by atoms with Crippen molar-refractivity contribution in [2.75, 3.05) is 19.6 Å². The number of likely N-dealkylation sites (tertiary alicyclic amines) is 1. The highest BCUT2D eigenvalue weighted by molar-refractivity contribution is 7.89. The smallest absolute Gasteiger partial charge is 0.343 e. The van der Waals surface area contributed by atoms with Gasteiger partial charge in [0.15, 0.2) is 0 Å². The van der Waals surface area contributed by atoms with Gasteiger partial charge in [-0.2, -0.15) is 13.2 Å². The monoisotopic (exact) mass is 495 g/mol. The second kappa shape index (κ2) is 10.4. The number of benzene rings is 2. The molecule has 0 spiro atoms. The first-order valence-corrected chi connectivity index (χ1v) is 12.0. The normalized spacial score (nSPS) is 15.3. The van der Waals surface area contributed by atoms with Crippen molar-refractivity contribution in [3.8, 4) is 0 Å². The van der Waals surface area contributed by atoms with Gasteiger partial charge >= 0.3 is 6.18 Å². The van der Waals surface area contributed by atoms with Gasteiger partial charge in [-0.05, 0) is 48.4 Å². The Morgan fingerprint density at radius 3 is 2.47 bits per heavy atom. The molecule has 1 heterocycles. The Bertz CT molecular complexity index is 1160. The van der Waals surface area contributed by atoms with Gasteiger partial charge in [-0.15, -0.1) is 6.58 Å². The summed E-state index contributed by atoms with van der Waals surface area (Å²) in [6.07, 6.45) is -2.19. The predicted octanol–water partition coefficient (Wildman–Crippen LogP) is 3.26. The average molecular weight is 496 g/mol. The highest BCUT2D eigenvalue weighted by Crippen LogP contribution is 2.31. The summed E-state index contributed by atoms with van der Waals surface area (Å²) in [5, 5.41) is 2.69. The summed E-state index contributed by atoms with van der Waals surface area (Å²) >= 11 is 0. The Labute approximate surface area is 195 Å². The third kappa shape index (κ3) is 6.23. The number of carbonyl (C=O) groups excluding carboxylic acids is 2. The lowest BCUT2D eigenvalue weighted by molar-refractivity contribution is -0.137. The van der Waals surface area contributed by atoms with Crippen LogP contribution in [0.3, 0.4) is 0 Å². The van der Waals surface area contributed by atoms with Crippen molar-refractivity contribution in [2.24, 2.45) is 0 Å². The quantitative estimate of drug-likeness (QED) is 0.522. The van der Waals surface area contributed by atoms with Crippen molar-refractivity contribution >= 4 is 21.8 Å². The molecule has 1 saturated heterocycles. The van der Waals surface area contributed by atoms with Crippen LogP contribution in [0.1, 0.15) is 40.4 Å². The lowest BCUT2D eigenvalue weighted by Crippen LogP contribution is -2.38. The van der Waals surface area contributed by atoms with Gasteiger partial charge in [0.2, 0.25) is 15.9 Å². The number of carbonyl (C=O) groups is 2. The van der Waals surface area contributed by atoms with Gasteiger partial charge in [0.1, 0.15) is 0 Å². The van der Waals surface area contributed by atoms with E-state index in [1.807, 2.05) is 0 Å². The molecule has 2 N–H and O–H groups in total. The standard InChI is InChI=1S/C23H24F3N3O4S/c1-2-12-27-34(32,33)19-10-8-16(9-11-19)22(31)28-20(15-29-13-4-7-21(29)30)17-5-3-6-18(14-17)23(24,25)26/h2-3,5-6,8-11,14,20,27H,1,4,7,12-13,15H2,(H,28,31). The molecule has 0 aliphatic carbocycles. The molecule has 0 radical (unpaired) electrons. The van der Waals surface area contributed by atoms with Crippen LogP contribution in [0.4, 0.5) is 13.2 Å². The maximum atomic E-state index is 13.2. The molecule has 2 aromatic rings. The number of hydrogen-bond acceptors (Lipinski definition) is 4. The minimum atomic E-state index is -4.56. The summed E-state index contributed by atoms with van der Waals surface area (Å²) in [4.78, 5) is 26.4. The summed E-state index contributed by atoms with van der Waals surface area (Å²) in [5.74, 6) is -0.745. The van der Waals surface area contributed by atoms with E-state index in [0.29, 0.717) is 19.4 Å². The fourth-order valence-electron chi connectivity index (χ4n) is 3.56. The summed E-state index contributed by atoms with van der Waals surface area (Å²) in [5.41, 5.74) is -0.540. The second-order valence-corrected chi connectivity index (χ2v) is 9.52. The van der Waals surface area contributed by atoms with E-state index in [9.17, 15) is 31.2 Å². The molecule has 1 atom stereocenters. The molecule has 0 bridgehead atoms. The molecule has 1 aliphatic rings. The lowest BCUT2D eigenvalue weighted by atomic mass is 10.0. The van der Waals surface area contributed by atoms with E-state index in [2.05, 4.69) is 16.6 Å². The van der Waals surface area contributed by atoms with Crippen molar-refractivity contribution < 1.29 is 31.2 Å². The Morgan fingerprint density at radius 2 is 1.88 bits per heavy atom. The molecule has 0 aromatic heterocycles. The Balaban J connectivity index is 1.84. The molecule has 34 heavy (non-hydrogen) atoms. The third-order valence-corrected chi connectivity index (χ3v) is 6.78. The maximum absolute atomic E-state index is 13.2. The lowest BCUT2D eigenvalue weighted by Gasteiger charge is -2.26. The van der Waals surface area contributed by atoms with Crippen LogP contribution < -0.4 is 10.0 Å². The van der Waals surface area contributed by atoms with Gasteiger partial charge < -0.3 is 10.2 Å². The first kappa shape index (κ1) is 25.4. The molecule has 0 saturated carbocycles. The Hall–Kier alpha value is -3.18. The fraction of sp³-hybridized carbons (Fsp3) is 0.304. The zero-order valence-corrected chi connectivity index (χ0v) is 19.0. The molecule has 1 aliphatic heterocycles. The topological polar surface area (TPSA) is 95.6 Å². The SMILES string of the molecule is C=CCNS(=O)(=O)c1ccc(C(=O)NC(CN2CCCC2=O)c2cccc(C(F)(F)F)c2)cc1. The van der Waals surface area contributed by atoms with Crippen molar-refractivity contribution in [3.63, 3.8) is 0 Å². The van der Waals surface area contributed by atoms with Crippen molar-refractivity contribution in [2.45, 2.75) is 30.0 Å². The van der Waals surface area contributed by atoms with E-state index < -0.39 is 33.7 Å². The zero-order chi connectivity index (χ0) is 24.9. The molecule has 1 unspecified atom stereocenters. The molecule has 11 heteroatoms. The average Bonchev–Trinajstić information content (AvgIpc) is 3.21. The number of halogens is 3. The van der Waals surface area contributed by atoms with Crippen LogP contribution in [0, 0.1) is 0 Å². The number of hydrogen-bond donors (Lipinski definition) is 2. The molecule has 182 valence electrons. The zero-order valence-electron chi connectivity index (χ0n) is 18.1. The first-order valence-electron chi connectivity index (χ1n) is 10.5.